The average Bonchev–Trinajstić information content (AvgIpc) is 2.36. The van der Waals surface area contributed by atoms with Crippen molar-refractivity contribution in [3.63, 3.8) is 0 Å². The molecule has 0 heterocycles. The SMILES string of the molecule is CCCCCCCCCCNC(C)CC(C)CC. The Kier molecular flexibility index (Phi) is 13.4. The molecule has 0 fully saturated rings. The van der Waals surface area contributed by atoms with Gasteiger partial charge in [-0.05, 0) is 32.2 Å². The lowest BCUT2D eigenvalue weighted by molar-refractivity contribution is 0.407. The molecule has 0 aliphatic rings. The van der Waals surface area contributed by atoms with Gasteiger partial charge in [-0.2, -0.15) is 0 Å². The summed E-state index contributed by atoms with van der Waals surface area (Å²) < 4.78 is 0. The van der Waals surface area contributed by atoms with Crippen molar-refractivity contribution in [3.8, 4) is 0 Å². The Bertz CT molecular complexity index is 156. The van der Waals surface area contributed by atoms with E-state index in [0.717, 1.165) is 5.92 Å². The first kappa shape index (κ1) is 18.0. The standard InChI is InChI=1S/C17H37N/c1-5-7-8-9-10-11-12-13-14-18-17(4)15-16(3)6-2/h16-18H,5-15H2,1-4H3. The van der Waals surface area contributed by atoms with Crippen LogP contribution in [-0.2, 0) is 0 Å². The van der Waals surface area contributed by atoms with Crippen molar-refractivity contribution in [3.05, 3.63) is 0 Å². The molecule has 0 spiro atoms. The van der Waals surface area contributed by atoms with E-state index < -0.39 is 0 Å². The van der Waals surface area contributed by atoms with Crippen LogP contribution in [0.25, 0.3) is 0 Å². The molecule has 0 rings (SSSR count). The summed E-state index contributed by atoms with van der Waals surface area (Å²) >= 11 is 0. The lowest BCUT2D eigenvalue weighted by Gasteiger charge is -2.17. The highest BCUT2D eigenvalue weighted by atomic mass is 14.9. The zero-order chi connectivity index (χ0) is 13.6. The van der Waals surface area contributed by atoms with Crippen molar-refractivity contribution in [1.82, 2.24) is 5.32 Å². The van der Waals surface area contributed by atoms with Gasteiger partial charge in [0.2, 0.25) is 0 Å². The van der Waals surface area contributed by atoms with Gasteiger partial charge in [0.25, 0.3) is 0 Å². The normalized spacial score (nSPS) is 14.7. The van der Waals surface area contributed by atoms with Gasteiger partial charge >= 0.3 is 0 Å². The molecule has 18 heavy (non-hydrogen) atoms. The smallest absolute Gasteiger partial charge is 0.00412 e. The Labute approximate surface area is 116 Å². The molecule has 0 aliphatic heterocycles. The van der Waals surface area contributed by atoms with Crippen LogP contribution in [0.5, 0.6) is 0 Å². The summed E-state index contributed by atoms with van der Waals surface area (Å²) in [6.45, 7) is 10.5. The van der Waals surface area contributed by atoms with Gasteiger partial charge in [0.15, 0.2) is 0 Å². The molecule has 0 bridgehead atoms. The molecule has 0 radical (unpaired) electrons. The maximum atomic E-state index is 3.66. The molecular weight excluding hydrogens is 218 g/mol. The summed E-state index contributed by atoms with van der Waals surface area (Å²) in [6.07, 6.45) is 14.0. The van der Waals surface area contributed by atoms with E-state index in [-0.39, 0.29) is 0 Å². The van der Waals surface area contributed by atoms with Crippen LogP contribution in [0.1, 0.15) is 91.9 Å². The molecule has 0 aliphatic carbocycles. The van der Waals surface area contributed by atoms with Crippen LogP contribution in [0.15, 0.2) is 0 Å². The summed E-state index contributed by atoms with van der Waals surface area (Å²) in [5.74, 6) is 0.867. The third kappa shape index (κ3) is 12.4. The first-order chi connectivity index (χ1) is 8.70. The van der Waals surface area contributed by atoms with Crippen LogP contribution in [0, 0.1) is 5.92 Å². The van der Waals surface area contributed by atoms with Crippen molar-refractivity contribution in [2.24, 2.45) is 5.92 Å². The third-order valence-electron chi connectivity index (χ3n) is 3.98. The van der Waals surface area contributed by atoms with Gasteiger partial charge < -0.3 is 5.32 Å². The number of hydrogen-bond acceptors (Lipinski definition) is 1. The van der Waals surface area contributed by atoms with Crippen LogP contribution in [0.2, 0.25) is 0 Å². The molecular formula is C17H37N. The summed E-state index contributed by atoms with van der Waals surface area (Å²) in [4.78, 5) is 0. The van der Waals surface area contributed by atoms with Gasteiger partial charge in [0.1, 0.15) is 0 Å². The van der Waals surface area contributed by atoms with Gasteiger partial charge in [-0.15, -0.1) is 0 Å². The summed E-state index contributed by atoms with van der Waals surface area (Å²) in [7, 11) is 0. The van der Waals surface area contributed by atoms with E-state index >= 15 is 0 Å². The van der Waals surface area contributed by atoms with E-state index in [1.54, 1.807) is 0 Å². The Morgan fingerprint density at radius 3 is 1.89 bits per heavy atom. The van der Waals surface area contributed by atoms with E-state index in [4.69, 9.17) is 0 Å². The lowest BCUT2D eigenvalue weighted by Crippen LogP contribution is -2.28. The molecule has 0 aromatic rings. The van der Waals surface area contributed by atoms with Crippen LogP contribution < -0.4 is 5.32 Å². The maximum Gasteiger partial charge on any atom is 0.00412 e. The number of unbranched alkanes of at least 4 members (excludes halogenated alkanes) is 7. The molecule has 2 unspecified atom stereocenters. The summed E-state index contributed by atoms with van der Waals surface area (Å²) in [5.41, 5.74) is 0. The average molecular weight is 255 g/mol. The Hall–Kier alpha value is -0.0400. The van der Waals surface area contributed by atoms with E-state index in [1.165, 1.54) is 70.8 Å². The monoisotopic (exact) mass is 255 g/mol. The highest BCUT2D eigenvalue weighted by Crippen LogP contribution is 2.10. The number of nitrogens with one attached hydrogen (secondary N) is 1. The minimum Gasteiger partial charge on any atom is -0.314 e. The van der Waals surface area contributed by atoms with Gasteiger partial charge in [0, 0.05) is 6.04 Å². The molecule has 1 nitrogen and oxygen atoms in total. The molecule has 1 N–H and O–H groups in total. The Balaban J connectivity index is 3.15. The molecule has 0 saturated carbocycles. The first-order valence-electron chi connectivity index (χ1n) is 8.44. The van der Waals surface area contributed by atoms with Crippen molar-refractivity contribution in [1.29, 1.82) is 0 Å². The van der Waals surface area contributed by atoms with Gasteiger partial charge in [0.05, 0.1) is 0 Å². The maximum absolute atomic E-state index is 3.66. The molecule has 0 saturated heterocycles. The fraction of sp³-hybridized carbons (Fsp3) is 1.00. The second-order valence-corrected chi connectivity index (χ2v) is 6.08. The molecule has 0 aromatic heterocycles. The first-order valence-corrected chi connectivity index (χ1v) is 8.44. The molecule has 0 amide bonds. The topological polar surface area (TPSA) is 12.0 Å². The van der Waals surface area contributed by atoms with Crippen molar-refractivity contribution in [2.75, 3.05) is 6.54 Å². The Morgan fingerprint density at radius 2 is 1.33 bits per heavy atom. The minimum absolute atomic E-state index is 0.699. The van der Waals surface area contributed by atoms with Gasteiger partial charge in [-0.3, -0.25) is 0 Å². The molecule has 110 valence electrons. The van der Waals surface area contributed by atoms with E-state index in [0.29, 0.717) is 6.04 Å². The Morgan fingerprint density at radius 1 is 0.778 bits per heavy atom. The minimum atomic E-state index is 0.699. The predicted molar refractivity (Wildman–Crippen MR) is 84.1 cm³/mol. The largest absolute Gasteiger partial charge is 0.314 e. The van der Waals surface area contributed by atoms with Crippen molar-refractivity contribution in [2.45, 2.75) is 97.9 Å². The van der Waals surface area contributed by atoms with Gasteiger partial charge in [-0.25, -0.2) is 0 Å². The molecule has 0 aromatic carbocycles. The number of rotatable bonds is 13. The van der Waals surface area contributed by atoms with Crippen LogP contribution in [0.4, 0.5) is 0 Å². The third-order valence-corrected chi connectivity index (χ3v) is 3.98. The second kappa shape index (κ2) is 13.4. The van der Waals surface area contributed by atoms with Crippen LogP contribution >= 0.6 is 0 Å². The lowest BCUT2D eigenvalue weighted by atomic mass is 10.0. The fourth-order valence-electron chi connectivity index (χ4n) is 2.46. The zero-order valence-corrected chi connectivity index (χ0v) is 13.4. The quantitative estimate of drug-likeness (QED) is 0.426. The van der Waals surface area contributed by atoms with Crippen molar-refractivity contribution < 1.29 is 0 Å². The number of hydrogen-bond donors (Lipinski definition) is 1. The predicted octanol–water partition coefficient (Wildman–Crippen LogP) is 5.54. The van der Waals surface area contributed by atoms with E-state index in [2.05, 4.69) is 33.0 Å². The van der Waals surface area contributed by atoms with E-state index in [1.807, 2.05) is 0 Å². The van der Waals surface area contributed by atoms with Crippen molar-refractivity contribution >= 4 is 0 Å². The summed E-state index contributed by atoms with van der Waals surface area (Å²) in [5, 5.41) is 3.66. The fourth-order valence-corrected chi connectivity index (χ4v) is 2.46. The van der Waals surface area contributed by atoms with Crippen LogP contribution in [0.3, 0.4) is 0 Å². The second-order valence-electron chi connectivity index (χ2n) is 6.08. The summed E-state index contributed by atoms with van der Waals surface area (Å²) in [6, 6.07) is 0.699. The molecule has 1 heteroatoms. The highest BCUT2D eigenvalue weighted by Gasteiger charge is 2.05. The van der Waals surface area contributed by atoms with Gasteiger partial charge in [-0.1, -0.05) is 72.1 Å². The van der Waals surface area contributed by atoms with Crippen LogP contribution in [-0.4, -0.2) is 12.6 Å². The van der Waals surface area contributed by atoms with E-state index in [9.17, 15) is 0 Å². The zero-order valence-electron chi connectivity index (χ0n) is 13.4. The highest BCUT2D eigenvalue weighted by molar-refractivity contribution is 4.64. The molecule has 2 atom stereocenters.